The fourth-order valence-electron chi connectivity index (χ4n) is 2.64. The highest BCUT2D eigenvalue weighted by atomic mass is 16.4. The van der Waals surface area contributed by atoms with Crippen LogP contribution in [0.2, 0.25) is 0 Å². The molecule has 19 heavy (non-hydrogen) atoms. The van der Waals surface area contributed by atoms with Gasteiger partial charge in [0.15, 0.2) is 5.58 Å². The molecule has 2 aromatic rings. The first-order chi connectivity index (χ1) is 9.15. The van der Waals surface area contributed by atoms with Gasteiger partial charge in [0.1, 0.15) is 5.52 Å². The van der Waals surface area contributed by atoms with Gasteiger partial charge in [0.05, 0.1) is 5.56 Å². The van der Waals surface area contributed by atoms with Crippen molar-refractivity contribution in [1.29, 1.82) is 0 Å². The number of anilines is 1. The largest absolute Gasteiger partial charge is 0.478 e. The van der Waals surface area contributed by atoms with E-state index >= 15 is 0 Å². The monoisotopic (exact) mass is 260 g/mol. The minimum absolute atomic E-state index is 0.221. The summed E-state index contributed by atoms with van der Waals surface area (Å²) in [5, 5.41) is 8.96. The van der Waals surface area contributed by atoms with Crippen molar-refractivity contribution < 1.29 is 14.3 Å². The van der Waals surface area contributed by atoms with E-state index in [0.29, 0.717) is 23.2 Å². The molecule has 3 rings (SSSR count). The summed E-state index contributed by atoms with van der Waals surface area (Å²) < 4.78 is 5.68. The number of carboxylic acids is 1. The maximum absolute atomic E-state index is 10.9. The van der Waals surface area contributed by atoms with Crippen molar-refractivity contribution in [2.45, 2.75) is 31.7 Å². The average Bonchev–Trinajstić information content (AvgIpc) is 3.06. The molecule has 0 unspecified atom stereocenters. The summed E-state index contributed by atoms with van der Waals surface area (Å²) >= 11 is 0. The Kier molecular flexibility index (Phi) is 2.89. The number of nitrogens with zero attached hydrogens (tertiary/aromatic N) is 2. The van der Waals surface area contributed by atoms with Crippen molar-refractivity contribution in [2.24, 2.45) is 0 Å². The zero-order valence-electron chi connectivity index (χ0n) is 10.8. The van der Waals surface area contributed by atoms with Gasteiger partial charge in [0, 0.05) is 13.1 Å². The van der Waals surface area contributed by atoms with Crippen LogP contribution in [0, 0.1) is 0 Å². The normalized spacial score (nSPS) is 16.1. The first kappa shape index (κ1) is 12.0. The van der Waals surface area contributed by atoms with Gasteiger partial charge in [-0.15, -0.1) is 0 Å². The van der Waals surface area contributed by atoms with E-state index in [1.54, 1.807) is 12.1 Å². The van der Waals surface area contributed by atoms with Crippen LogP contribution in [0.4, 0.5) is 6.01 Å². The highest BCUT2D eigenvalue weighted by Gasteiger charge is 2.23. The molecule has 1 aliphatic rings. The average molecular weight is 260 g/mol. The summed E-state index contributed by atoms with van der Waals surface area (Å²) in [7, 11) is 1.98. The molecule has 1 heterocycles. The molecular weight excluding hydrogens is 244 g/mol. The van der Waals surface area contributed by atoms with Crippen LogP contribution in [0.25, 0.3) is 11.1 Å². The Labute approximate surface area is 110 Å². The van der Waals surface area contributed by atoms with Gasteiger partial charge in [-0.05, 0) is 31.0 Å². The second-order valence-electron chi connectivity index (χ2n) is 5.03. The van der Waals surface area contributed by atoms with Gasteiger partial charge >= 0.3 is 5.97 Å². The van der Waals surface area contributed by atoms with E-state index in [4.69, 9.17) is 9.52 Å². The second kappa shape index (κ2) is 4.57. The lowest BCUT2D eigenvalue weighted by Gasteiger charge is -2.21. The number of carbonyl (C=O) groups is 1. The molecule has 5 nitrogen and oxygen atoms in total. The Morgan fingerprint density at radius 1 is 1.42 bits per heavy atom. The maximum Gasteiger partial charge on any atom is 0.335 e. The molecule has 0 radical (unpaired) electrons. The number of fused-ring (bicyclic) bond motifs is 1. The number of aromatic carboxylic acids is 1. The molecule has 1 N–H and O–H groups in total. The van der Waals surface area contributed by atoms with Gasteiger partial charge in [-0.2, -0.15) is 4.98 Å². The van der Waals surface area contributed by atoms with Crippen LogP contribution in [0.3, 0.4) is 0 Å². The van der Waals surface area contributed by atoms with Crippen LogP contribution in [0.15, 0.2) is 22.6 Å². The Balaban J connectivity index is 1.94. The number of hydrogen-bond acceptors (Lipinski definition) is 4. The molecule has 0 bridgehead atoms. The van der Waals surface area contributed by atoms with Crippen LogP contribution in [0.5, 0.6) is 0 Å². The minimum atomic E-state index is -0.955. The third-order valence-electron chi connectivity index (χ3n) is 3.80. The van der Waals surface area contributed by atoms with Crippen molar-refractivity contribution >= 4 is 23.1 Å². The number of hydrogen-bond donors (Lipinski definition) is 1. The van der Waals surface area contributed by atoms with Gasteiger partial charge in [0.2, 0.25) is 0 Å². The van der Waals surface area contributed by atoms with Crippen molar-refractivity contribution in [3.05, 3.63) is 23.8 Å². The summed E-state index contributed by atoms with van der Waals surface area (Å²) in [5.41, 5.74) is 1.45. The van der Waals surface area contributed by atoms with E-state index in [0.717, 1.165) is 12.8 Å². The van der Waals surface area contributed by atoms with Crippen molar-refractivity contribution in [3.63, 3.8) is 0 Å². The van der Waals surface area contributed by atoms with E-state index in [9.17, 15) is 4.79 Å². The first-order valence-corrected chi connectivity index (χ1v) is 6.52. The fourth-order valence-corrected chi connectivity index (χ4v) is 2.64. The Morgan fingerprint density at radius 2 is 2.16 bits per heavy atom. The highest BCUT2D eigenvalue weighted by molar-refractivity contribution is 5.92. The smallest absolute Gasteiger partial charge is 0.335 e. The third-order valence-corrected chi connectivity index (χ3v) is 3.80. The molecule has 0 amide bonds. The van der Waals surface area contributed by atoms with Crippen LogP contribution in [0.1, 0.15) is 36.0 Å². The zero-order valence-corrected chi connectivity index (χ0v) is 10.8. The lowest BCUT2D eigenvalue weighted by Crippen LogP contribution is -2.28. The highest BCUT2D eigenvalue weighted by Crippen LogP contribution is 2.29. The van der Waals surface area contributed by atoms with E-state index in [-0.39, 0.29) is 5.56 Å². The lowest BCUT2D eigenvalue weighted by atomic mass is 10.2. The molecule has 0 atom stereocenters. The van der Waals surface area contributed by atoms with Gasteiger partial charge < -0.3 is 14.4 Å². The topological polar surface area (TPSA) is 66.6 Å². The van der Waals surface area contributed by atoms with E-state index in [1.165, 1.54) is 18.9 Å². The van der Waals surface area contributed by atoms with Gasteiger partial charge in [-0.25, -0.2) is 4.79 Å². The minimum Gasteiger partial charge on any atom is -0.478 e. The molecule has 1 aromatic carbocycles. The molecule has 1 aromatic heterocycles. The molecule has 0 spiro atoms. The number of oxazole rings is 1. The van der Waals surface area contributed by atoms with E-state index in [2.05, 4.69) is 9.88 Å². The molecule has 100 valence electrons. The van der Waals surface area contributed by atoms with Gasteiger partial charge in [-0.1, -0.05) is 12.8 Å². The van der Waals surface area contributed by atoms with Crippen LogP contribution < -0.4 is 4.90 Å². The summed E-state index contributed by atoms with van der Waals surface area (Å²) in [4.78, 5) is 17.4. The summed E-state index contributed by atoms with van der Waals surface area (Å²) in [6.07, 6.45) is 4.82. The predicted molar refractivity (Wildman–Crippen MR) is 71.6 cm³/mol. The molecule has 0 aliphatic heterocycles. The van der Waals surface area contributed by atoms with Gasteiger partial charge in [0.25, 0.3) is 6.01 Å². The first-order valence-electron chi connectivity index (χ1n) is 6.52. The number of carboxylic acid groups (broad SMARTS) is 1. The van der Waals surface area contributed by atoms with Crippen LogP contribution in [-0.2, 0) is 0 Å². The van der Waals surface area contributed by atoms with E-state index < -0.39 is 5.97 Å². The van der Waals surface area contributed by atoms with E-state index in [1.807, 2.05) is 7.05 Å². The van der Waals surface area contributed by atoms with Crippen LogP contribution in [-0.4, -0.2) is 29.1 Å². The molecule has 1 aliphatic carbocycles. The standard InChI is InChI=1S/C14H16N2O3/c1-16(10-4-2-3-5-10)14-15-11-7-6-9(13(17)18)8-12(11)19-14/h6-8,10H,2-5H2,1H3,(H,17,18). The SMILES string of the molecule is CN(c1nc2ccc(C(=O)O)cc2o1)C1CCCC1. The molecule has 1 saturated carbocycles. The Bertz CT molecular complexity index is 614. The van der Waals surface area contributed by atoms with Crippen LogP contribution >= 0.6 is 0 Å². The third kappa shape index (κ3) is 2.16. The summed E-state index contributed by atoms with van der Waals surface area (Å²) in [6, 6.07) is 5.81. The number of benzene rings is 1. The number of rotatable bonds is 3. The summed E-state index contributed by atoms with van der Waals surface area (Å²) in [5.74, 6) is -0.955. The van der Waals surface area contributed by atoms with Crippen molar-refractivity contribution in [1.82, 2.24) is 4.98 Å². The maximum atomic E-state index is 10.9. The Morgan fingerprint density at radius 3 is 2.84 bits per heavy atom. The quantitative estimate of drug-likeness (QED) is 0.919. The second-order valence-corrected chi connectivity index (χ2v) is 5.03. The Hall–Kier alpha value is -2.04. The van der Waals surface area contributed by atoms with Crippen molar-refractivity contribution in [2.75, 3.05) is 11.9 Å². The molecule has 5 heteroatoms. The van der Waals surface area contributed by atoms with Gasteiger partial charge in [-0.3, -0.25) is 0 Å². The predicted octanol–water partition coefficient (Wildman–Crippen LogP) is 2.90. The lowest BCUT2D eigenvalue weighted by molar-refractivity contribution is 0.0697. The molecule has 1 fully saturated rings. The summed E-state index contributed by atoms with van der Waals surface area (Å²) in [6.45, 7) is 0. The molecular formula is C14H16N2O3. The zero-order chi connectivity index (χ0) is 13.4. The molecule has 0 saturated heterocycles. The van der Waals surface area contributed by atoms with Crippen molar-refractivity contribution in [3.8, 4) is 0 Å². The number of aromatic nitrogens is 1. The fraction of sp³-hybridized carbons (Fsp3) is 0.429.